The first-order valence-corrected chi connectivity index (χ1v) is 6.66. The number of hydrogen-bond donors (Lipinski definition) is 2. The summed E-state index contributed by atoms with van der Waals surface area (Å²) >= 11 is 0. The topological polar surface area (TPSA) is 49.3 Å². The zero-order valence-electron chi connectivity index (χ0n) is 10.4. The summed E-state index contributed by atoms with van der Waals surface area (Å²) < 4.78 is 0. The Morgan fingerprint density at radius 3 is 2.38 bits per heavy atom. The number of hydrogen-bond acceptors (Lipinski definition) is 2. The molecule has 0 aromatic heterocycles. The molecule has 1 unspecified atom stereocenters. The fraction of sp³-hybridized carbons (Fsp3) is 0.923. The molecule has 0 heterocycles. The van der Waals surface area contributed by atoms with E-state index >= 15 is 0 Å². The van der Waals surface area contributed by atoms with Gasteiger partial charge in [0.05, 0.1) is 6.10 Å². The molecule has 1 rings (SSSR count). The van der Waals surface area contributed by atoms with Gasteiger partial charge in [0.15, 0.2) is 0 Å². The van der Waals surface area contributed by atoms with Crippen molar-refractivity contribution in [3.63, 3.8) is 0 Å². The van der Waals surface area contributed by atoms with Gasteiger partial charge in [-0.05, 0) is 26.2 Å². The zero-order valence-corrected chi connectivity index (χ0v) is 10.4. The van der Waals surface area contributed by atoms with E-state index in [1.54, 1.807) is 6.92 Å². The molecular formula is C13H25NO2. The number of carbonyl (C=O) groups is 1. The van der Waals surface area contributed by atoms with Gasteiger partial charge in [0, 0.05) is 12.5 Å². The molecule has 0 saturated heterocycles. The van der Waals surface area contributed by atoms with E-state index in [1.165, 1.54) is 32.1 Å². The average molecular weight is 227 g/mol. The van der Waals surface area contributed by atoms with Gasteiger partial charge in [-0.25, -0.2) is 0 Å². The highest BCUT2D eigenvalue weighted by atomic mass is 16.3. The standard InChI is InChI=1S/C13H25NO2/c1-11(15)9-10-13(16)14-12-7-5-3-2-4-6-8-12/h11-12,15H,2-10H2,1H3,(H,14,16). The number of rotatable bonds is 4. The van der Waals surface area contributed by atoms with Gasteiger partial charge in [-0.15, -0.1) is 0 Å². The minimum Gasteiger partial charge on any atom is -0.393 e. The molecule has 0 aromatic carbocycles. The predicted octanol–water partition coefficient (Wildman–Crippen LogP) is 2.38. The van der Waals surface area contributed by atoms with Crippen LogP contribution in [0.2, 0.25) is 0 Å². The zero-order chi connectivity index (χ0) is 11.8. The molecule has 0 aromatic rings. The molecule has 94 valence electrons. The third-order valence-corrected chi connectivity index (χ3v) is 3.26. The largest absolute Gasteiger partial charge is 0.393 e. The molecule has 1 fully saturated rings. The fourth-order valence-corrected chi connectivity index (χ4v) is 2.24. The van der Waals surface area contributed by atoms with Crippen LogP contribution in [0.15, 0.2) is 0 Å². The van der Waals surface area contributed by atoms with Crippen molar-refractivity contribution in [1.29, 1.82) is 0 Å². The van der Waals surface area contributed by atoms with Gasteiger partial charge >= 0.3 is 0 Å². The third kappa shape index (κ3) is 6.11. The average Bonchev–Trinajstić information content (AvgIpc) is 2.19. The van der Waals surface area contributed by atoms with Crippen molar-refractivity contribution in [3.05, 3.63) is 0 Å². The van der Waals surface area contributed by atoms with Crippen LogP contribution in [0, 0.1) is 0 Å². The van der Waals surface area contributed by atoms with E-state index < -0.39 is 0 Å². The number of amides is 1. The minimum atomic E-state index is -0.372. The molecule has 16 heavy (non-hydrogen) atoms. The summed E-state index contributed by atoms with van der Waals surface area (Å²) in [6.45, 7) is 1.73. The van der Waals surface area contributed by atoms with Gasteiger partial charge < -0.3 is 10.4 Å². The van der Waals surface area contributed by atoms with Crippen LogP contribution in [0.3, 0.4) is 0 Å². The van der Waals surface area contributed by atoms with Crippen molar-refractivity contribution in [2.75, 3.05) is 0 Å². The predicted molar refractivity (Wildman–Crippen MR) is 65.2 cm³/mol. The van der Waals surface area contributed by atoms with Crippen molar-refractivity contribution in [2.45, 2.75) is 76.9 Å². The molecule has 3 heteroatoms. The SMILES string of the molecule is CC(O)CCC(=O)NC1CCCCCCC1. The Kier molecular flexibility index (Phi) is 6.46. The Hall–Kier alpha value is -0.570. The molecule has 0 aliphatic heterocycles. The van der Waals surface area contributed by atoms with Crippen LogP contribution in [0.1, 0.15) is 64.7 Å². The lowest BCUT2D eigenvalue weighted by molar-refractivity contribution is -0.122. The lowest BCUT2D eigenvalue weighted by Gasteiger charge is -2.21. The monoisotopic (exact) mass is 227 g/mol. The highest BCUT2D eigenvalue weighted by molar-refractivity contribution is 5.76. The van der Waals surface area contributed by atoms with Crippen LogP contribution in [-0.4, -0.2) is 23.2 Å². The van der Waals surface area contributed by atoms with E-state index in [1.807, 2.05) is 0 Å². The minimum absolute atomic E-state index is 0.103. The Morgan fingerprint density at radius 2 is 1.81 bits per heavy atom. The van der Waals surface area contributed by atoms with Crippen molar-refractivity contribution in [2.24, 2.45) is 0 Å². The fourth-order valence-electron chi connectivity index (χ4n) is 2.24. The van der Waals surface area contributed by atoms with Gasteiger partial charge in [0.1, 0.15) is 0 Å². The van der Waals surface area contributed by atoms with Crippen molar-refractivity contribution < 1.29 is 9.90 Å². The summed E-state index contributed by atoms with van der Waals surface area (Å²) in [5, 5.41) is 12.2. The van der Waals surface area contributed by atoms with Crippen molar-refractivity contribution >= 4 is 5.91 Å². The molecule has 0 spiro atoms. The van der Waals surface area contributed by atoms with E-state index in [2.05, 4.69) is 5.32 Å². The quantitative estimate of drug-likeness (QED) is 0.774. The molecule has 0 bridgehead atoms. The maximum absolute atomic E-state index is 11.6. The molecule has 1 aliphatic carbocycles. The van der Waals surface area contributed by atoms with Gasteiger partial charge in [-0.3, -0.25) is 4.79 Å². The van der Waals surface area contributed by atoms with Crippen LogP contribution < -0.4 is 5.32 Å². The first-order valence-electron chi connectivity index (χ1n) is 6.66. The van der Waals surface area contributed by atoms with E-state index in [-0.39, 0.29) is 12.0 Å². The normalized spacial score (nSPS) is 20.9. The number of aliphatic hydroxyl groups is 1. The summed E-state index contributed by atoms with van der Waals surface area (Å²) in [7, 11) is 0. The van der Waals surface area contributed by atoms with Crippen LogP contribution in [-0.2, 0) is 4.79 Å². The molecule has 0 radical (unpaired) electrons. The number of carbonyl (C=O) groups excluding carboxylic acids is 1. The molecule has 1 amide bonds. The smallest absolute Gasteiger partial charge is 0.220 e. The third-order valence-electron chi connectivity index (χ3n) is 3.26. The van der Waals surface area contributed by atoms with E-state index in [0.717, 1.165) is 12.8 Å². The summed E-state index contributed by atoms with van der Waals surface area (Å²) in [6, 6.07) is 0.377. The Bertz CT molecular complexity index is 196. The lowest BCUT2D eigenvalue weighted by Crippen LogP contribution is -2.35. The molecule has 1 atom stereocenters. The van der Waals surface area contributed by atoms with E-state index in [4.69, 9.17) is 5.11 Å². The molecular weight excluding hydrogens is 202 g/mol. The second kappa shape index (κ2) is 7.66. The summed E-state index contributed by atoms with van der Waals surface area (Å²) in [5.74, 6) is 0.103. The van der Waals surface area contributed by atoms with Crippen molar-refractivity contribution in [1.82, 2.24) is 5.32 Å². The summed E-state index contributed by atoms with van der Waals surface area (Å²) in [4.78, 5) is 11.6. The number of aliphatic hydroxyl groups excluding tert-OH is 1. The number of nitrogens with one attached hydrogen (secondary N) is 1. The molecule has 2 N–H and O–H groups in total. The second-order valence-corrected chi connectivity index (χ2v) is 5.00. The Labute approximate surface area is 98.6 Å². The van der Waals surface area contributed by atoms with Gasteiger partial charge in [0.25, 0.3) is 0 Å². The van der Waals surface area contributed by atoms with Crippen molar-refractivity contribution in [3.8, 4) is 0 Å². The molecule has 3 nitrogen and oxygen atoms in total. The van der Waals surface area contributed by atoms with Gasteiger partial charge in [0.2, 0.25) is 5.91 Å². The van der Waals surface area contributed by atoms with Crippen LogP contribution in [0.5, 0.6) is 0 Å². The second-order valence-electron chi connectivity index (χ2n) is 5.00. The molecule has 1 saturated carbocycles. The lowest BCUT2D eigenvalue weighted by atomic mass is 9.96. The first-order chi connectivity index (χ1) is 7.68. The maximum atomic E-state index is 11.6. The Morgan fingerprint density at radius 1 is 1.25 bits per heavy atom. The first kappa shape index (κ1) is 13.5. The van der Waals surface area contributed by atoms with Crippen LogP contribution in [0.25, 0.3) is 0 Å². The van der Waals surface area contributed by atoms with Gasteiger partial charge in [-0.1, -0.05) is 32.1 Å². The summed E-state index contributed by atoms with van der Waals surface area (Å²) in [6.07, 6.45) is 9.34. The van der Waals surface area contributed by atoms with Gasteiger partial charge in [-0.2, -0.15) is 0 Å². The molecule has 1 aliphatic rings. The van der Waals surface area contributed by atoms with E-state index in [9.17, 15) is 4.79 Å². The highest BCUT2D eigenvalue weighted by Crippen LogP contribution is 2.17. The Balaban J connectivity index is 2.19. The highest BCUT2D eigenvalue weighted by Gasteiger charge is 2.13. The van der Waals surface area contributed by atoms with E-state index in [0.29, 0.717) is 18.9 Å². The maximum Gasteiger partial charge on any atom is 0.220 e. The van der Waals surface area contributed by atoms with Crippen LogP contribution in [0.4, 0.5) is 0 Å². The van der Waals surface area contributed by atoms with Crippen LogP contribution >= 0.6 is 0 Å². The summed E-state index contributed by atoms with van der Waals surface area (Å²) in [5.41, 5.74) is 0.